The van der Waals surface area contributed by atoms with Gasteiger partial charge in [0.1, 0.15) is 0 Å². The lowest BCUT2D eigenvalue weighted by atomic mass is 9.65. The molecular weight excluding hydrogens is 737 g/mol. The third-order valence-electron chi connectivity index (χ3n) is 14.9. The fraction of sp³-hybridized carbons (Fsp3) is 0.186. The van der Waals surface area contributed by atoms with Gasteiger partial charge in [-0.2, -0.15) is 0 Å². The maximum atomic E-state index is 2.60. The lowest BCUT2D eigenvalue weighted by Crippen LogP contribution is -2.40. The Labute approximate surface area is 360 Å². The SMILES string of the molecule is CC1(C)C2=C(C=CCC2)N2c3ccc(-c4ccc5c(c4)C(C)(C)c4cc(N(c6cccc7ccccc67)c6cccc7ccccc67)ccc4-5)cc3C(C)(C)c3cccc1c32. The van der Waals surface area contributed by atoms with Crippen molar-refractivity contribution in [3.05, 3.63) is 209 Å². The van der Waals surface area contributed by atoms with Gasteiger partial charge in [-0.05, 0) is 128 Å². The van der Waals surface area contributed by atoms with Crippen molar-refractivity contribution in [2.75, 3.05) is 9.80 Å². The fourth-order valence-corrected chi connectivity index (χ4v) is 11.6. The number of rotatable bonds is 4. The van der Waals surface area contributed by atoms with Crippen LogP contribution in [0.4, 0.5) is 28.4 Å². The number of anilines is 5. The van der Waals surface area contributed by atoms with E-state index in [0.29, 0.717) is 0 Å². The molecule has 0 spiro atoms. The Morgan fingerprint density at radius 2 is 1.02 bits per heavy atom. The van der Waals surface area contributed by atoms with E-state index < -0.39 is 0 Å². The monoisotopic (exact) mass is 786 g/mol. The zero-order valence-corrected chi connectivity index (χ0v) is 36.0. The van der Waals surface area contributed by atoms with Gasteiger partial charge < -0.3 is 9.80 Å². The molecule has 0 saturated heterocycles. The van der Waals surface area contributed by atoms with Crippen molar-refractivity contribution in [3.8, 4) is 22.3 Å². The summed E-state index contributed by atoms with van der Waals surface area (Å²) < 4.78 is 0. The van der Waals surface area contributed by atoms with Crippen LogP contribution in [0.5, 0.6) is 0 Å². The third-order valence-corrected chi connectivity index (χ3v) is 14.9. The molecule has 61 heavy (non-hydrogen) atoms. The number of allylic oxidation sites excluding steroid dienone is 3. The second-order valence-electron chi connectivity index (χ2n) is 19.3. The van der Waals surface area contributed by atoms with Gasteiger partial charge in [-0.25, -0.2) is 0 Å². The van der Waals surface area contributed by atoms with E-state index in [4.69, 9.17) is 0 Å². The third kappa shape index (κ3) is 5.03. The van der Waals surface area contributed by atoms with Crippen LogP contribution >= 0.6 is 0 Å². The Morgan fingerprint density at radius 3 is 1.70 bits per heavy atom. The average molecular weight is 787 g/mol. The molecule has 296 valence electrons. The molecule has 0 N–H and O–H groups in total. The first-order valence-electron chi connectivity index (χ1n) is 22.1. The van der Waals surface area contributed by atoms with Crippen molar-refractivity contribution in [2.45, 2.75) is 70.6 Å². The van der Waals surface area contributed by atoms with E-state index in [0.717, 1.165) is 12.8 Å². The van der Waals surface area contributed by atoms with Gasteiger partial charge in [0.15, 0.2) is 0 Å². The summed E-state index contributed by atoms with van der Waals surface area (Å²) >= 11 is 0. The number of para-hydroxylation sites is 1. The zero-order valence-electron chi connectivity index (χ0n) is 36.0. The molecule has 0 bridgehead atoms. The number of benzene rings is 8. The molecule has 2 aliphatic carbocycles. The number of fused-ring (bicyclic) bond motifs is 8. The van der Waals surface area contributed by atoms with Gasteiger partial charge in [0.2, 0.25) is 0 Å². The quantitative estimate of drug-likeness (QED) is 0.175. The van der Waals surface area contributed by atoms with Crippen molar-refractivity contribution in [3.63, 3.8) is 0 Å². The minimum absolute atomic E-state index is 0.00480. The van der Waals surface area contributed by atoms with Crippen LogP contribution in [0.15, 0.2) is 181 Å². The summed E-state index contributed by atoms with van der Waals surface area (Å²) in [5, 5.41) is 4.94. The predicted molar refractivity (Wildman–Crippen MR) is 258 cm³/mol. The van der Waals surface area contributed by atoms with Crippen LogP contribution in [0.3, 0.4) is 0 Å². The first kappa shape index (κ1) is 36.2. The van der Waals surface area contributed by atoms with Crippen LogP contribution in [0.2, 0.25) is 0 Å². The number of nitrogens with zero attached hydrogens (tertiary/aromatic N) is 2. The van der Waals surface area contributed by atoms with Crippen molar-refractivity contribution in [2.24, 2.45) is 0 Å². The summed E-state index contributed by atoms with van der Waals surface area (Å²) in [6.45, 7) is 14.5. The molecule has 0 unspecified atom stereocenters. The van der Waals surface area contributed by atoms with E-state index in [2.05, 4.69) is 221 Å². The number of hydrogen-bond donors (Lipinski definition) is 0. The fourth-order valence-electron chi connectivity index (χ4n) is 11.6. The van der Waals surface area contributed by atoms with Crippen molar-refractivity contribution < 1.29 is 0 Å². The lowest BCUT2D eigenvalue weighted by molar-refractivity contribution is 0.555. The minimum Gasteiger partial charge on any atom is -0.310 e. The molecule has 0 radical (unpaired) electrons. The molecule has 2 nitrogen and oxygen atoms in total. The van der Waals surface area contributed by atoms with Crippen LogP contribution in [-0.4, -0.2) is 0 Å². The highest BCUT2D eigenvalue weighted by molar-refractivity contribution is 6.05. The molecule has 8 aromatic carbocycles. The van der Waals surface area contributed by atoms with E-state index in [1.165, 1.54) is 106 Å². The molecule has 0 fully saturated rings. The molecule has 0 aromatic heterocycles. The average Bonchev–Trinajstić information content (AvgIpc) is 3.51. The van der Waals surface area contributed by atoms with Gasteiger partial charge in [-0.1, -0.05) is 163 Å². The Bertz CT molecular complexity index is 3150. The Morgan fingerprint density at radius 1 is 0.475 bits per heavy atom. The topological polar surface area (TPSA) is 6.48 Å². The van der Waals surface area contributed by atoms with Crippen LogP contribution in [0, 0.1) is 0 Å². The van der Waals surface area contributed by atoms with E-state index in [1.54, 1.807) is 5.57 Å². The highest BCUT2D eigenvalue weighted by Gasteiger charge is 2.46. The van der Waals surface area contributed by atoms with Crippen LogP contribution in [0.1, 0.15) is 82.2 Å². The molecule has 0 saturated carbocycles. The van der Waals surface area contributed by atoms with Gasteiger partial charge in [-0.15, -0.1) is 0 Å². The van der Waals surface area contributed by atoms with Gasteiger partial charge >= 0.3 is 0 Å². The molecule has 0 atom stereocenters. The summed E-state index contributed by atoms with van der Waals surface area (Å²) in [7, 11) is 0. The minimum atomic E-state index is -0.209. The van der Waals surface area contributed by atoms with Gasteiger partial charge in [0.05, 0.1) is 22.7 Å². The highest BCUT2D eigenvalue weighted by atomic mass is 15.2. The smallest absolute Gasteiger partial charge is 0.0543 e. The summed E-state index contributed by atoms with van der Waals surface area (Å²) in [5.41, 5.74) is 20.9. The summed E-state index contributed by atoms with van der Waals surface area (Å²) in [5.74, 6) is 0. The van der Waals surface area contributed by atoms with Gasteiger partial charge in [0.25, 0.3) is 0 Å². The number of hydrogen-bond acceptors (Lipinski definition) is 2. The first-order valence-corrected chi connectivity index (χ1v) is 22.1. The highest BCUT2D eigenvalue weighted by Crippen LogP contribution is 2.60. The molecule has 4 aliphatic rings. The maximum absolute atomic E-state index is 2.60. The molecule has 0 amide bonds. The molecule has 2 heterocycles. The van der Waals surface area contributed by atoms with Crippen molar-refractivity contribution in [1.82, 2.24) is 0 Å². The standard InChI is InChI=1S/C59H50N2/c1-57(2)46-22-11-12-25-54(46)61-55-33-29-40(35-51(55)58(3,4)48-24-15-23-47(57)56(48)61)39-28-31-44-45-32-30-41(36-50(45)59(5,6)49(44)34-39)60(52-26-13-18-37-16-7-9-20-42(37)52)53-27-14-19-38-17-8-10-21-43(38)53/h7-10,12-21,23-36H,11,22H2,1-6H3. The van der Waals surface area contributed by atoms with Gasteiger partial charge in [0, 0.05) is 38.4 Å². The van der Waals surface area contributed by atoms with E-state index in [-0.39, 0.29) is 16.2 Å². The summed E-state index contributed by atoms with van der Waals surface area (Å²) in [4.78, 5) is 5.09. The van der Waals surface area contributed by atoms with Crippen LogP contribution in [-0.2, 0) is 16.2 Å². The molecule has 2 heteroatoms. The maximum Gasteiger partial charge on any atom is 0.0543 e. The zero-order chi connectivity index (χ0) is 41.4. The Balaban J connectivity index is 0.975. The van der Waals surface area contributed by atoms with Crippen LogP contribution < -0.4 is 9.80 Å². The van der Waals surface area contributed by atoms with E-state index in [9.17, 15) is 0 Å². The van der Waals surface area contributed by atoms with Crippen LogP contribution in [0.25, 0.3) is 43.8 Å². The van der Waals surface area contributed by atoms with Crippen molar-refractivity contribution >= 4 is 50.0 Å². The normalized spacial score (nSPS) is 17.1. The second kappa shape index (κ2) is 12.7. The molecule has 8 aromatic rings. The Kier molecular flexibility index (Phi) is 7.54. The molecule has 12 rings (SSSR count). The first-order chi connectivity index (χ1) is 29.5. The summed E-state index contributed by atoms with van der Waals surface area (Å²) in [6.07, 6.45) is 6.98. The lowest BCUT2D eigenvalue weighted by Gasteiger charge is -2.50. The van der Waals surface area contributed by atoms with E-state index >= 15 is 0 Å². The molecular formula is C59H50N2. The largest absolute Gasteiger partial charge is 0.310 e. The predicted octanol–water partition coefficient (Wildman–Crippen LogP) is 16.1. The Hall–Kier alpha value is -6.64. The van der Waals surface area contributed by atoms with Crippen molar-refractivity contribution in [1.29, 1.82) is 0 Å². The molecule has 2 aliphatic heterocycles. The summed E-state index contributed by atoms with van der Waals surface area (Å²) in [6, 6.07) is 59.6. The van der Waals surface area contributed by atoms with E-state index in [1.807, 2.05) is 0 Å². The second-order valence-corrected chi connectivity index (χ2v) is 19.3. The van der Waals surface area contributed by atoms with Gasteiger partial charge in [-0.3, -0.25) is 0 Å².